The number of hydrogen-bond acceptors (Lipinski definition) is 5. The van der Waals surface area contributed by atoms with E-state index in [9.17, 15) is 0 Å². The SMILES string of the molecule is CCCCN=c1scc(-c2ccc(OC)cc2OC)n1/N=C(/C)CCCC. The Bertz CT molecular complexity index is 821. The van der Waals surface area contributed by atoms with Crippen LogP contribution in [-0.4, -0.2) is 31.2 Å². The van der Waals surface area contributed by atoms with Gasteiger partial charge in [-0.3, -0.25) is 4.99 Å². The van der Waals surface area contributed by atoms with Gasteiger partial charge in [0.15, 0.2) is 0 Å². The Hall–Kier alpha value is -2.08. The molecule has 148 valence electrons. The van der Waals surface area contributed by atoms with Crippen LogP contribution in [0.15, 0.2) is 33.7 Å². The van der Waals surface area contributed by atoms with Gasteiger partial charge in [-0.15, -0.1) is 11.3 Å². The number of hydrogen-bond donors (Lipinski definition) is 0. The molecule has 0 saturated heterocycles. The smallest absolute Gasteiger partial charge is 0.206 e. The highest BCUT2D eigenvalue weighted by atomic mass is 32.1. The lowest BCUT2D eigenvalue weighted by atomic mass is 10.1. The molecule has 0 radical (unpaired) electrons. The lowest BCUT2D eigenvalue weighted by Crippen LogP contribution is -2.14. The lowest BCUT2D eigenvalue weighted by molar-refractivity contribution is 0.395. The normalized spacial score (nSPS) is 12.5. The standard InChI is InChI=1S/C21H31N3O2S/c1-6-8-10-16(3)23-24-19(15-27-21(24)22-13-9-7-2)18-12-11-17(25-4)14-20(18)26-5/h11-12,14-15H,6-10,13H2,1-5H3/b22-21?,23-16-. The first kappa shape index (κ1) is 21.2. The van der Waals surface area contributed by atoms with Crippen molar-refractivity contribution in [1.29, 1.82) is 0 Å². The first-order chi connectivity index (χ1) is 13.1. The minimum atomic E-state index is 0.766. The van der Waals surface area contributed by atoms with Crippen LogP contribution in [-0.2, 0) is 0 Å². The molecule has 0 amide bonds. The van der Waals surface area contributed by atoms with E-state index in [1.165, 1.54) is 0 Å². The van der Waals surface area contributed by atoms with Gasteiger partial charge in [0.2, 0.25) is 4.80 Å². The fourth-order valence-electron chi connectivity index (χ4n) is 2.69. The molecule has 27 heavy (non-hydrogen) atoms. The van der Waals surface area contributed by atoms with Crippen LogP contribution < -0.4 is 14.3 Å². The Balaban J connectivity index is 2.55. The van der Waals surface area contributed by atoms with E-state index in [4.69, 9.17) is 19.6 Å². The van der Waals surface area contributed by atoms with Crippen LogP contribution >= 0.6 is 11.3 Å². The molecule has 0 unspecified atom stereocenters. The van der Waals surface area contributed by atoms with Gasteiger partial charge in [0, 0.05) is 29.3 Å². The summed E-state index contributed by atoms with van der Waals surface area (Å²) in [5, 5.41) is 7.00. The summed E-state index contributed by atoms with van der Waals surface area (Å²) in [6.45, 7) is 7.29. The second-order valence-corrected chi connectivity index (χ2v) is 7.29. The van der Waals surface area contributed by atoms with E-state index in [0.29, 0.717) is 0 Å². The van der Waals surface area contributed by atoms with Crippen molar-refractivity contribution in [3.8, 4) is 22.8 Å². The Morgan fingerprint density at radius 3 is 2.56 bits per heavy atom. The molecule has 1 aromatic heterocycles. The zero-order valence-electron chi connectivity index (χ0n) is 17.1. The Morgan fingerprint density at radius 1 is 1.11 bits per heavy atom. The van der Waals surface area contributed by atoms with E-state index in [2.05, 4.69) is 26.2 Å². The van der Waals surface area contributed by atoms with Crippen molar-refractivity contribution in [2.24, 2.45) is 10.1 Å². The summed E-state index contributed by atoms with van der Waals surface area (Å²) >= 11 is 1.62. The molecule has 1 aromatic carbocycles. The maximum Gasteiger partial charge on any atom is 0.206 e. The number of methoxy groups -OCH3 is 2. The maximum atomic E-state index is 5.61. The summed E-state index contributed by atoms with van der Waals surface area (Å²) < 4.78 is 12.9. The highest BCUT2D eigenvalue weighted by molar-refractivity contribution is 7.07. The van der Waals surface area contributed by atoms with Crippen molar-refractivity contribution in [2.75, 3.05) is 20.8 Å². The molecule has 0 saturated carbocycles. The van der Waals surface area contributed by atoms with Gasteiger partial charge in [-0.05, 0) is 38.3 Å². The Kier molecular flexibility index (Phi) is 8.58. The molecule has 0 aliphatic rings. The van der Waals surface area contributed by atoms with E-state index in [0.717, 1.165) is 71.9 Å². The van der Waals surface area contributed by atoms with Gasteiger partial charge in [-0.2, -0.15) is 5.10 Å². The minimum absolute atomic E-state index is 0.766. The number of benzene rings is 1. The number of rotatable bonds is 10. The van der Waals surface area contributed by atoms with Crippen molar-refractivity contribution in [3.63, 3.8) is 0 Å². The number of unbranched alkanes of at least 4 members (excludes halogenated alkanes) is 2. The summed E-state index contributed by atoms with van der Waals surface area (Å²) in [5.74, 6) is 1.54. The summed E-state index contributed by atoms with van der Waals surface area (Å²) in [5.41, 5.74) is 3.09. The number of thiazole rings is 1. The van der Waals surface area contributed by atoms with Crippen LogP contribution in [0.4, 0.5) is 0 Å². The molecular formula is C21H31N3O2S. The van der Waals surface area contributed by atoms with Crippen molar-refractivity contribution >= 4 is 17.0 Å². The largest absolute Gasteiger partial charge is 0.497 e. The molecule has 0 fully saturated rings. The van der Waals surface area contributed by atoms with Crippen molar-refractivity contribution in [3.05, 3.63) is 28.4 Å². The Morgan fingerprint density at radius 2 is 1.89 bits per heavy atom. The van der Waals surface area contributed by atoms with Gasteiger partial charge in [0.25, 0.3) is 0 Å². The van der Waals surface area contributed by atoms with Crippen LogP contribution in [0.2, 0.25) is 0 Å². The molecule has 1 heterocycles. The molecule has 0 aliphatic carbocycles. The van der Waals surface area contributed by atoms with Gasteiger partial charge in [0.1, 0.15) is 11.5 Å². The number of aromatic nitrogens is 1. The molecule has 0 aliphatic heterocycles. The van der Waals surface area contributed by atoms with E-state index in [1.807, 2.05) is 22.9 Å². The van der Waals surface area contributed by atoms with Gasteiger partial charge in [0.05, 0.1) is 19.9 Å². The highest BCUT2D eigenvalue weighted by Crippen LogP contribution is 2.33. The van der Waals surface area contributed by atoms with Gasteiger partial charge >= 0.3 is 0 Å². The summed E-state index contributed by atoms with van der Waals surface area (Å²) in [6.07, 6.45) is 5.51. The predicted molar refractivity (Wildman–Crippen MR) is 114 cm³/mol. The summed E-state index contributed by atoms with van der Waals surface area (Å²) in [7, 11) is 3.34. The lowest BCUT2D eigenvalue weighted by Gasteiger charge is -2.11. The van der Waals surface area contributed by atoms with Crippen molar-refractivity contribution < 1.29 is 9.47 Å². The second-order valence-electron chi connectivity index (χ2n) is 6.46. The average molecular weight is 390 g/mol. The van der Waals surface area contributed by atoms with Crippen LogP contribution in [0.5, 0.6) is 11.5 Å². The third-order valence-electron chi connectivity index (χ3n) is 4.29. The first-order valence-electron chi connectivity index (χ1n) is 9.62. The van der Waals surface area contributed by atoms with Gasteiger partial charge < -0.3 is 9.47 Å². The highest BCUT2D eigenvalue weighted by Gasteiger charge is 2.14. The average Bonchev–Trinajstić information content (AvgIpc) is 3.08. The monoisotopic (exact) mass is 389 g/mol. The fourth-order valence-corrected chi connectivity index (χ4v) is 3.53. The van der Waals surface area contributed by atoms with Crippen LogP contribution in [0.3, 0.4) is 0 Å². The number of ether oxygens (including phenoxy) is 2. The molecular weight excluding hydrogens is 358 g/mol. The second kappa shape index (κ2) is 10.9. The summed E-state index contributed by atoms with van der Waals surface area (Å²) in [4.78, 5) is 5.70. The third-order valence-corrected chi connectivity index (χ3v) is 5.15. The van der Waals surface area contributed by atoms with Crippen LogP contribution in [0.25, 0.3) is 11.3 Å². The van der Waals surface area contributed by atoms with Gasteiger partial charge in [-0.1, -0.05) is 26.7 Å². The zero-order chi connectivity index (χ0) is 19.6. The number of nitrogens with zero attached hydrogens (tertiary/aromatic N) is 3. The quantitative estimate of drug-likeness (QED) is 0.406. The van der Waals surface area contributed by atoms with Crippen LogP contribution in [0, 0.1) is 0 Å². The van der Waals surface area contributed by atoms with Crippen LogP contribution in [0.1, 0.15) is 52.9 Å². The zero-order valence-corrected chi connectivity index (χ0v) is 17.9. The summed E-state index contributed by atoms with van der Waals surface area (Å²) in [6, 6.07) is 5.86. The Labute approximate surface area is 166 Å². The van der Waals surface area contributed by atoms with Crippen molar-refractivity contribution in [2.45, 2.75) is 52.9 Å². The molecule has 0 atom stereocenters. The fraction of sp³-hybridized carbons (Fsp3) is 0.524. The van der Waals surface area contributed by atoms with E-state index >= 15 is 0 Å². The molecule has 5 nitrogen and oxygen atoms in total. The molecule has 0 bridgehead atoms. The molecule has 2 rings (SSSR count). The van der Waals surface area contributed by atoms with Crippen molar-refractivity contribution in [1.82, 2.24) is 4.68 Å². The topological polar surface area (TPSA) is 48.1 Å². The third kappa shape index (κ3) is 5.70. The minimum Gasteiger partial charge on any atom is -0.497 e. The van der Waals surface area contributed by atoms with E-state index in [1.54, 1.807) is 25.6 Å². The van der Waals surface area contributed by atoms with E-state index in [-0.39, 0.29) is 0 Å². The van der Waals surface area contributed by atoms with E-state index < -0.39 is 0 Å². The molecule has 0 spiro atoms. The molecule has 6 heteroatoms. The molecule has 2 aromatic rings. The maximum absolute atomic E-state index is 5.61. The van der Waals surface area contributed by atoms with Gasteiger partial charge in [-0.25, -0.2) is 4.68 Å². The predicted octanol–water partition coefficient (Wildman–Crippen LogP) is 5.35. The molecule has 0 N–H and O–H groups in total. The first-order valence-corrected chi connectivity index (χ1v) is 10.5.